The van der Waals surface area contributed by atoms with Crippen molar-refractivity contribution in [2.45, 2.75) is 65.4 Å². The van der Waals surface area contributed by atoms with Crippen molar-refractivity contribution in [1.29, 1.82) is 0 Å². The fraction of sp³-hybridized carbons (Fsp3) is 0.923. The van der Waals surface area contributed by atoms with E-state index in [2.05, 4.69) is 34.6 Å². The summed E-state index contributed by atoms with van der Waals surface area (Å²) in [6, 6.07) is 0. The molecule has 0 saturated heterocycles. The van der Waals surface area contributed by atoms with Gasteiger partial charge in [0.15, 0.2) is 0 Å². The zero-order valence-electron chi connectivity index (χ0n) is 10.4. The number of ether oxygens (including phenoxy) is 1. The third-order valence-corrected chi connectivity index (χ3v) is 2.22. The summed E-state index contributed by atoms with van der Waals surface area (Å²) in [5.41, 5.74) is -0.0145. The summed E-state index contributed by atoms with van der Waals surface area (Å²) >= 11 is 0. The van der Waals surface area contributed by atoms with Crippen LogP contribution in [0.2, 0.25) is 0 Å². The van der Waals surface area contributed by atoms with Crippen molar-refractivity contribution in [3.05, 3.63) is 6.92 Å². The van der Waals surface area contributed by atoms with E-state index in [9.17, 15) is 0 Å². The number of hydrogen-bond acceptors (Lipinski definition) is 1. The molecule has 0 rings (SSSR count). The summed E-state index contributed by atoms with van der Waals surface area (Å²) in [6.07, 6.45) is 6.51. The smallest absolute Gasteiger partial charge is 0.0598 e. The van der Waals surface area contributed by atoms with Gasteiger partial charge in [-0.1, -0.05) is 32.6 Å². The molecule has 0 aliphatic heterocycles. The van der Waals surface area contributed by atoms with E-state index in [1.807, 2.05) is 0 Å². The molecule has 0 saturated carbocycles. The summed E-state index contributed by atoms with van der Waals surface area (Å²) in [5, 5.41) is 0. The predicted octanol–water partition coefficient (Wildman–Crippen LogP) is 4.22. The van der Waals surface area contributed by atoms with Crippen LogP contribution >= 0.6 is 0 Å². The van der Waals surface area contributed by atoms with Crippen LogP contribution in [0.5, 0.6) is 0 Å². The molecule has 0 aliphatic rings. The third-order valence-electron chi connectivity index (χ3n) is 2.22. The first kappa shape index (κ1) is 14.0. The lowest BCUT2D eigenvalue weighted by Crippen LogP contribution is -2.22. The Balaban J connectivity index is 3.32. The van der Waals surface area contributed by atoms with Gasteiger partial charge in [-0.25, -0.2) is 0 Å². The maximum atomic E-state index is 5.69. The number of hydrogen-bond donors (Lipinski definition) is 0. The fourth-order valence-electron chi connectivity index (χ4n) is 1.31. The van der Waals surface area contributed by atoms with E-state index >= 15 is 0 Å². The molecule has 0 spiro atoms. The molecule has 0 heterocycles. The Morgan fingerprint density at radius 2 is 1.79 bits per heavy atom. The van der Waals surface area contributed by atoms with E-state index in [1.165, 1.54) is 32.1 Å². The molecule has 0 aromatic rings. The van der Waals surface area contributed by atoms with E-state index < -0.39 is 0 Å². The Labute approximate surface area is 90.2 Å². The second kappa shape index (κ2) is 7.28. The quantitative estimate of drug-likeness (QED) is 0.558. The van der Waals surface area contributed by atoms with Crippen LogP contribution in [0.4, 0.5) is 0 Å². The highest BCUT2D eigenvalue weighted by molar-refractivity contribution is 4.65. The fourth-order valence-corrected chi connectivity index (χ4v) is 1.31. The normalized spacial score (nSPS) is 14.4. The van der Waals surface area contributed by atoms with Gasteiger partial charge < -0.3 is 4.74 Å². The Morgan fingerprint density at radius 3 is 2.29 bits per heavy atom. The average Bonchev–Trinajstić information content (AvgIpc) is 2.08. The lowest BCUT2D eigenvalue weighted by Gasteiger charge is -2.22. The van der Waals surface area contributed by atoms with Crippen molar-refractivity contribution in [1.82, 2.24) is 0 Å². The van der Waals surface area contributed by atoms with Crippen LogP contribution in [-0.2, 0) is 4.74 Å². The minimum absolute atomic E-state index is 0.0145. The van der Waals surface area contributed by atoms with Crippen molar-refractivity contribution in [2.24, 2.45) is 5.92 Å². The summed E-state index contributed by atoms with van der Waals surface area (Å²) in [7, 11) is 0. The first-order valence-corrected chi connectivity index (χ1v) is 5.92. The number of rotatable bonds is 7. The molecule has 0 bridgehead atoms. The molecule has 1 atom stereocenters. The predicted molar refractivity (Wildman–Crippen MR) is 63.3 cm³/mol. The zero-order valence-corrected chi connectivity index (χ0v) is 10.4. The topological polar surface area (TPSA) is 9.23 Å². The summed E-state index contributed by atoms with van der Waals surface area (Å²) in [5.74, 6) is 0.464. The molecular weight excluding hydrogens is 172 g/mol. The minimum Gasteiger partial charge on any atom is -0.376 e. The molecule has 0 aromatic carbocycles. The van der Waals surface area contributed by atoms with E-state index in [4.69, 9.17) is 4.74 Å². The van der Waals surface area contributed by atoms with E-state index in [0.29, 0.717) is 5.92 Å². The molecule has 0 N–H and O–H groups in total. The van der Waals surface area contributed by atoms with E-state index in [-0.39, 0.29) is 5.60 Å². The van der Waals surface area contributed by atoms with Crippen LogP contribution in [-0.4, -0.2) is 12.2 Å². The van der Waals surface area contributed by atoms with Crippen LogP contribution in [0.1, 0.15) is 59.8 Å². The average molecular weight is 199 g/mol. The lowest BCUT2D eigenvalue weighted by molar-refractivity contribution is -0.0170. The van der Waals surface area contributed by atoms with Gasteiger partial charge in [-0.15, -0.1) is 0 Å². The van der Waals surface area contributed by atoms with Crippen molar-refractivity contribution in [2.75, 3.05) is 6.61 Å². The molecule has 1 radical (unpaired) electrons. The van der Waals surface area contributed by atoms with Crippen molar-refractivity contribution >= 4 is 0 Å². The van der Waals surface area contributed by atoms with Gasteiger partial charge in [0, 0.05) is 0 Å². The molecule has 0 amide bonds. The second-order valence-electron chi connectivity index (χ2n) is 5.14. The Kier molecular flexibility index (Phi) is 7.26. The maximum Gasteiger partial charge on any atom is 0.0598 e. The first-order chi connectivity index (χ1) is 6.45. The highest BCUT2D eigenvalue weighted by Crippen LogP contribution is 2.14. The van der Waals surface area contributed by atoms with Gasteiger partial charge in [-0.3, -0.25) is 0 Å². The van der Waals surface area contributed by atoms with Crippen LogP contribution in [0.15, 0.2) is 0 Å². The van der Waals surface area contributed by atoms with Crippen molar-refractivity contribution in [3.8, 4) is 0 Å². The minimum atomic E-state index is -0.0145. The first-order valence-electron chi connectivity index (χ1n) is 5.92. The Hall–Kier alpha value is -0.0400. The summed E-state index contributed by atoms with van der Waals surface area (Å²) in [4.78, 5) is 0. The lowest BCUT2D eigenvalue weighted by atomic mass is 10.0. The molecule has 0 aromatic heterocycles. The highest BCUT2D eigenvalue weighted by atomic mass is 16.5. The largest absolute Gasteiger partial charge is 0.376 e. The molecule has 0 fully saturated rings. The van der Waals surface area contributed by atoms with E-state index in [0.717, 1.165) is 6.61 Å². The maximum absolute atomic E-state index is 5.69. The molecular formula is C13H27O. The van der Waals surface area contributed by atoms with Crippen molar-refractivity contribution < 1.29 is 4.74 Å². The summed E-state index contributed by atoms with van der Waals surface area (Å²) in [6.45, 7) is 13.4. The van der Waals surface area contributed by atoms with Gasteiger partial charge >= 0.3 is 0 Å². The van der Waals surface area contributed by atoms with Gasteiger partial charge in [0.25, 0.3) is 0 Å². The third kappa shape index (κ3) is 10.0. The van der Waals surface area contributed by atoms with Gasteiger partial charge in [-0.05, 0) is 40.0 Å². The molecule has 1 nitrogen and oxygen atoms in total. The van der Waals surface area contributed by atoms with Gasteiger partial charge in [0.2, 0.25) is 0 Å². The van der Waals surface area contributed by atoms with E-state index in [1.54, 1.807) is 0 Å². The monoisotopic (exact) mass is 199 g/mol. The summed E-state index contributed by atoms with van der Waals surface area (Å²) < 4.78 is 5.69. The molecule has 85 valence electrons. The van der Waals surface area contributed by atoms with Gasteiger partial charge in [0.1, 0.15) is 0 Å². The van der Waals surface area contributed by atoms with Crippen molar-refractivity contribution in [3.63, 3.8) is 0 Å². The van der Waals surface area contributed by atoms with Crippen LogP contribution < -0.4 is 0 Å². The molecule has 14 heavy (non-hydrogen) atoms. The molecule has 1 heteroatoms. The second-order valence-corrected chi connectivity index (χ2v) is 5.14. The SMILES string of the molecule is [CH2]C(CCCCCC)COC(C)(C)C. The Bertz CT molecular complexity index is 124. The van der Waals surface area contributed by atoms with Crippen LogP contribution in [0, 0.1) is 12.8 Å². The molecule has 1 unspecified atom stereocenters. The van der Waals surface area contributed by atoms with Gasteiger partial charge in [-0.2, -0.15) is 0 Å². The zero-order chi connectivity index (χ0) is 11.0. The number of unbranched alkanes of at least 4 members (excludes halogenated alkanes) is 3. The van der Waals surface area contributed by atoms with Crippen LogP contribution in [0.3, 0.4) is 0 Å². The van der Waals surface area contributed by atoms with Crippen LogP contribution in [0.25, 0.3) is 0 Å². The van der Waals surface area contributed by atoms with Gasteiger partial charge in [0.05, 0.1) is 12.2 Å². The Morgan fingerprint density at radius 1 is 1.14 bits per heavy atom. The standard InChI is InChI=1S/C13H27O/c1-6-7-8-9-10-12(2)11-14-13(3,4)5/h12H,2,6-11H2,1,3-5H3. The molecule has 0 aliphatic carbocycles. The highest BCUT2D eigenvalue weighted by Gasteiger charge is 2.12.